The number of hydrogen-bond acceptors (Lipinski definition) is 7. The molecule has 1 atom stereocenters. The molecule has 4 rings (SSSR count). The van der Waals surface area contributed by atoms with Gasteiger partial charge >= 0.3 is 0 Å². The molecule has 2 aromatic heterocycles. The van der Waals surface area contributed by atoms with E-state index in [1.807, 2.05) is 25.1 Å². The van der Waals surface area contributed by atoms with Gasteiger partial charge < -0.3 is 19.7 Å². The van der Waals surface area contributed by atoms with Crippen LogP contribution in [0.3, 0.4) is 0 Å². The normalized spacial score (nSPS) is 15.4. The lowest BCUT2D eigenvalue weighted by atomic mass is 9.95. The van der Waals surface area contributed by atoms with E-state index in [1.54, 1.807) is 24.8 Å². The van der Waals surface area contributed by atoms with Crippen molar-refractivity contribution >= 4 is 33.3 Å². The highest BCUT2D eigenvalue weighted by atomic mass is 32.1. The van der Waals surface area contributed by atoms with Crippen molar-refractivity contribution in [2.24, 2.45) is 5.92 Å². The second kappa shape index (κ2) is 10.6. The van der Waals surface area contributed by atoms with E-state index in [2.05, 4.69) is 41.0 Å². The Hall–Kier alpha value is -2.87. The third-order valence-corrected chi connectivity index (χ3v) is 7.73. The van der Waals surface area contributed by atoms with Crippen molar-refractivity contribution in [2.45, 2.75) is 53.0 Å². The highest BCUT2D eigenvalue weighted by molar-refractivity contribution is 7.18. The number of ether oxygens (including phenoxy) is 2. The van der Waals surface area contributed by atoms with Crippen molar-refractivity contribution in [1.29, 1.82) is 0 Å². The predicted molar refractivity (Wildman–Crippen MR) is 137 cm³/mol. The quantitative estimate of drug-likeness (QED) is 0.476. The Labute approximate surface area is 205 Å². The summed E-state index contributed by atoms with van der Waals surface area (Å²) < 4.78 is 11.2. The van der Waals surface area contributed by atoms with Crippen LogP contribution in [0.4, 0.5) is 5.82 Å². The Morgan fingerprint density at radius 3 is 2.71 bits per heavy atom. The topological polar surface area (TPSA) is 76.6 Å². The van der Waals surface area contributed by atoms with Crippen LogP contribution in [0.2, 0.25) is 0 Å². The number of fused-ring (bicyclic) bond motifs is 1. The van der Waals surface area contributed by atoms with Crippen LogP contribution in [0.15, 0.2) is 24.5 Å². The molecule has 1 N–H and O–H groups in total. The molecule has 0 radical (unpaired) electrons. The molecule has 1 aliphatic heterocycles. The highest BCUT2D eigenvalue weighted by Gasteiger charge is 2.28. The molecule has 0 saturated carbocycles. The van der Waals surface area contributed by atoms with Gasteiger partial charge in [0.05, 0.1) is 25.1 Å². The number of nitrogens with one attached hydrogen (secondary N) is 1. The molecule has 1 saturated heterocycles. The van der Waals surface area contributed by atoms with Crippen LogP contribution in [-0.4, -0.2) is 42.7 Å². The largest absolute Gasteiger partial charge is 0.493 e. The predicted octanol–water partition coefficient (Wildman–Crippen LogP) is 5.20. The number of nitrogens with zero attached hydrogens (tertiary/aromatic N) is 3. The van der Waals surface area contributed by atoms with Gasteiger partial charge in [-0.1, -0.05) is 13.0 Å². The summed E-state index contributed by atoms with van der Waals surface area (Å²) >= 11 is 1.72. The molecule has 1 unspecified atom stereocenters. The molecule has 1 aromatic carbocycles. The Kier molecular flexibility index (Phi) is 7.56. The van der Waals surface area contributed by atoms with E-state index >= 15 is 0 Å². The van der Waals surface area contributed by atoms with Crippen molar-refractivity contribution in [3.63, 3.8) is 0 Å². The number of aromatic nitrogens is 2. The number of carbonyl (C=O) groups is 1. The standard InChI is InChI=1S/C26H34N4O3S/c1-6-13-33-21-8-7-20(14-22(21)32-5)17(3)29-25(31)19-9-11-30(12-10-19)24-23-16(2)18(4)34-26(23)28-15-27-24/h7-8,14-15,17,19H,6,9-13H2,1-5H3,(H,29,31). The number of amides is 1. The fourth-order valence-corrected chi connectivity index (χ4v) is 5.45. The lowest BCUT2D eigenvalue weighted by Gasteiger charge is -2.33. The Balaban J connectivity index is 1.38. The molecule has 1 fully saturated rings. The molecule has 3 aromatic rings. The first kappa shape index (κ1) is 24.3. The summed E-state index contributed by atoms with van der Waals surface area (Å²) in [6.07, 6.45) is 4.20. The zero-order valence-corrected chi connectivity index (χ0v) is 21.5. The van der Waals surface area contributed by atoms with Gasteiger partial charge in [0.1, 0.15) is 17.0 Å². The molecule has 1 aliphatic rings. The van der Waals surface area contributed by atoms with Crippen LogP contribution < -0.4 is 19.7 Å². The molecule has 0 bridgehead atoms. The SMILES string of the molecule is CCCOc1ccc(C(C)NC(=O)C2CCN(c3ncnc4sc(C)c(C)c34)CC2)cc1OC. The molecular weight excluding hydrogens is 448 g/mol. The van der Waals surface area contributed by atoms with Crippen LogP contribution in [0.25, 0.3) is 10.2 Å². The number of anilines is 1. The number of piperidine rings is 1. The number of carbonyl (C=O) groups excluding carboxylic acids is 1. The summed E-state index contributed by atoms with van der Waals surface area (Å²) in [4.78, 5) is 26.7. The number of aryl methyl sites for hydroxylation is 2. The molecule has 0 spiro atoms. The molecular formula is C26H34N4O3S. The van der Waals surface area contributed by atoms with Crippen molar-refractivity contribution in [1.82, 2.24) is 15.3 Å². The van der Waals surface area contributed by atoms with Crippen molar-refractivity contribution in [3.8, 4) is 11.5 Å². The Bertz CT molecular complexity index is 1150. The fraction of sp³-hybridized carbons (Fsp3) is 0.500. The smallest absolute Gasteiger partial charge is 0.223 e. The number of methoxy groups -OCH3 is 1. The van der Waals surface area contributed by atoms with E-state index in [0.29, 0.717) is 12.4 Å². The minimum absolute atomic E-state index is 0.00427. The fourth-order valence-electron chi connectivity index (χ4n) is 4.46. The van der Waals surface area contributed by atoms with Gasteiger partial charge in [-0.05, 0) is 63.3 Å². The zero-order chi connectivity index (χ0) is 24.2. The van der Waals surface area contributed by atoms with Crippen LogP contribution >= 0.6 is 11.3 Å². The number of hydrogen-bond donors (Lipinski definition) is 1. The van der Waals surface area contributed by atoms with E-state index < -0.39 is 0 Å². The average Bonchev–Trinajstić information content (AvgIpc) is 3.16. The average molecular weight is 483 g/mol. The maximum atomic E-state index is 13.0. The van der Waals surface area contributed by atoms with Crippen molar-refractivity contribution in [3.05, 3.63) is 40.5 Å². The second-order valence-corrected chi connectivity index (χ2v) is 10.1. The third-order valence-electron chi connectivity index (χ3n) is 6.62. The number of thiophene rings is 1. The van der Waals surface area contributed by atoms with Gasteiger partial charge in [-0.3, -0.25) is 4.79 Å². The lowest BCUT2D eigenvalue weighted by Crippen LogP contribution is -2.41. The van der Waals surface area contributed by atoms with E-state index in [9.17, 15) is 4.79 Å². The second-order valence-electron chi connectivity index (χ2n) is 8.91. The minimum atomic E-state index is -0.113. The van der Waals surface area contributed by atoms with Crippen LogP contribution in [-0.2, 0) is 4.79 Å². The van der Waals surface area contributed by atoms with Gasteiger partial charge in [0.25, 0.3) is 0 Å². The summed E-state index contributed by atoms with van der Waals surface area (Å²) in [6, 6.07) is 5.75. The first-order chi connectivity index (χ1) is 16.4. The third kappa shape index (κ3) is 4.97. The minimum Gasteiger partial charge on any atom is -0.493 e. The summed E-state index contributed by atoms with van der Waals surface area (Å²) in [5.41, 5.74) is 2.25. The summed E-state index contributed by atoms with van der Waals surface area (Å²) in [5, 5.41) is 4.35. The van der Waals surface area contributed by atoms with Gasteiger partial charge in [-0.25, -0.2) is 9.97 Å². The maximum absolute atomic E-state index is 13.0. The maximum Gasteiger partial charge on any atom is 0.223 e. The van der Waals surface area contributed by atoms with Crippen molar-refractivity contribution in [2.75, 3.05) is 31.7 Å². The van der Waals surface area contributed by atoms with Crippen LogP contribution in [0.5, 0.6) is 11.5 Å². The molecule has 1 amide bonds. The van der Waals surface area contributed by atoms with Crippen LogP contribution in [0.1, 0.15) is 55.2 Å². The summed E-state index contributed by atoms with van der Waals surface area (Å²) in [5.74, 6) is 2.52. The Morgan fingerprint density at radius 2 is 2.00 bits per heavy atom. The Morgan fingerprint density at radius 1 is 1.24 bits per heavy atom. The molecule has 8 heteroatoms. The van der Waals surface area contributed by atoms with Gasteiger partial charge in [-0.2, -0.15) is 0 Å². The monoisotopic (exact) mass is 482 g/mol. The van der Waals surface area contributed by atoms with E-state index in [4.69, 9.17) is 9.47 Å². The van der Waals surface area contributed by atoms with Gasteiger partial charge in [0.15, 0.2) is 11.5 Å². The summed E-state index contributed by atoms with van der Waals surface area (Å²) in [7, 11) is 1.64. The molecule has 7 nitrogen and oxygen atoms in total. The van der Waals surface area contributed by atoms with Gasteiger partial charge in [0.2, 0.25) is 5.91 Å². The van der Waals surface area contributed by atoms with Crippen LogP contribution in [0, 0.1) is 19.8 Å². The molecule has 34 heavy (non-hydrogen) atoms. The highest BCUT2D eigenvalue weighted by Crippen LogP contribution is 2.36. The zero-order valence-electron chi connectivity index (χ0n) is 20.7. The first-order valence-corrected chi connectivity index (χ1v) is 12.8. The number of rotatable bonds is 8. The molecule has 182 valence electrons. The number of benzene rings is 1. The molecule has 0 aliphatic carbocycles. The van der Waals surface area contributed by atoms with E-state index in [-0.39, 0.29) is 17.9 Å². The van der Waals surface area contributed by atoms with Gasteiger partial charge in [0, 0.05) is 23.9 Å². The lowest BCUT2D eigenvalue weighted by molar-refractivity contribution is -0.126. The molecule has 3 heterocycles. The van der Waals surface area contributed by atoms with E-state index in [1.165, 1.54) is 10.4 Å². The van der Waals surface area contributed by atoms with Gasteiger partial charge in [-0.15, -0.1) is 11.3 Å². The van der Waals surface area contributed by atoms with Crippen molar-refractivity contribution < 1.29 is 14.3 Å². The first-order valence-electron chi connectivity index (χ1n) is 12.0. The van der Waals surface area contributed by atoms with E-state index in [0.717, 1.165) is 59.7 Å². The summed E-state index contributed by atoms with van der Waals surface area (Å²) in [6.45, 7) is 10.6.